The van der Waals surface area contributed by atoms with Crippen LogP contribution in [0.25, 0.3) is 16.8 Å². The molecule has 10 heteroatoms. The molecule has 3 unspecified atom stereocenters. The summed E-state index contributed by atoms with van der Waals surface area (Å²) in [6, 6.07) is 12.6. The Balaban J connectivity index is 1.27. The number of likely N-dealkylation sites (tertiary alicyclic amines) is 1. The second-order valence-electron chi connectivity index (χ2n) is 10.7. The van der Waals surface area contributed by atoms with Crippen LogP contribution in [0.2, 0.25) is 0 Å². The van der Waals surface area contributed by atoms with Crippen LogP contribution in [-0.4, -0.2) is 55.3 Å². The van der Waals surface area contributed by atoms with Gasteiger partial charge < -0.3 is 20.7 Å². The third-order valence-electron chi connectivity index (χ3n) is 8.87. The fourth-order valence-electron chi connectivity index (χ4n) is 7.10. The Bertz CT molecular complexity index is 1670. The minimum absolute atomic E-state index is 0.00921. The van der Waals surface area contributed by atoms with Crippen LogP contribution in [0.3, 0.4) is 0 Å². The molecule has 40 heavy (non-hydrogen) atoms. The number of imidazole rings is 1. The number of nitrogens with one attached hydrogen (secondary N) is 1. The largest absolute Gasteiger partial charge is 0.382 e. The van der Waals surface area contributed by atoms with Crippen LogP contribution >= 0.6 is 0 Å². The molecule has 4 heterocycles. The van der Waals surface area contributed by atoms with Crippen LogP contribution in [0.5, 0.6) is 0 Å². The summed E-state index contributed by atoms with van der Waals surface area (Å²) >= 11 is 0. The molecule has 4 aromatic rings. The van der Waals surface area contributed by atoms with Crippen molar-refractivity contribution in [1.82, 2.24) is 24.3 Å². The van der Waals surface area contributed by atoms with Crippen LogP contribution in [-0.2, 0) is 15.1 Å². The second kappa shape index (κ2) is 8.99. The van der Waals surface area contributed by atoms with E-state index in [-0.39, 0.29) is 17.4 Å². The van der Waals surface area contributed by atoms with E-state index >= 15 is 0 Å². The highest BCUT2D eigenvalue weighted by Crippen LogP contribution is 2.77. The van der Waals surface area contributed by atoms with E-state index in [1.807, 2.05) is 33.7 Å². The smallest absolute Gasteiger partial charge is 0.256 e. The van der Waals surface area contributed by atoms with Crippen LogP contribution < -0.4 is 11.1 Å². The summed E-state index contributed by atoms with van der Waals surface area (Å²) in [5, 5.41) is 2.81. The summed E-state index contributed by atoms with van der Waals surface area (Å²) in [4.78, 5) is 41.9. The summed E-state index contributed by atoms with van der Waals surface area (Å²) in [6.45, 7) is 0.386. The van der Waals surface area contributed by atoms with E-state index in [1.165, 1.54) is 0 Å². The van der Waals surface area contributed by atoms with Crippen molar-refractivity contribution in [1.29, 1.82) is 0 Å². The molecule has 2 aliphatic carbocycles. The first-order valence-corrected chi connectivity index (χ1v) is 13.5. The predicted molar refractivity (Wildman–Crippen MR) is 149 cm³/mol. The molecule has 3 aliphatic rings. The lowest BCUT2D eigenvalue weighted by atomic mass is 9.71. The Hall–Kier alpha value is -4.57. The second-order valence-corrected chi connectivity index (χ2v) is 10.7. The van der Waals surface area contributed by atoms with Crippen molar-refractivity contribution < 1.29 is 14.3 Å². The Morgan fingerprint density at radius 2 is 1.95 bits per heavy atom. The van der Waals surface area contributed by atoms with Gasteiger partial charge in [-0.15, -0.1) is 0 Å². The number of nitrogen functional groups attached to an aromatic ring is 1. The predicted octanol–water partition coefficient (Wildman–Crippen LogP) is 3.81. The fraction of sp³-hybridized carbons (Fsp3) is 0.300. The third-order valence-corrected chi connectivity index (χ3v) is 8.87. The molecule has 3 aromatic heterocycles. The normalized spacial score (nSPS) is 24.5. The minimum atomic E-state index is -0.484. The number of nitrogens with zero attached hydrogens (tertiary/aromatic N) is 5. The van der Waals surface area contributed by atoms with Crippen molar-refractivity contribution in [3.8, 4) is 11.3 Å². The number of fused-ring (bicyclic) bond motifs is 1. The molecule has 10 nitrogen and oxygen atoms in total. The molecular weight excluding hydrogens is 506 g/mol. The van der Waals surface area contributed by atoms with E-state index in [0.717, 1.165) is 37.1 Å². The first-order valence-electron chi connectivity index (χ1n) is 13.5. The highest BCUT2D eigenvalue weighted by molar-refractivity contribution is 6.04. The van der Waals surface area contributed by atoms with Gasteiger partial charge in [-0.2, -0.15) is 0 Å². The number of ether oxygens (including phenoxy) is 1. The van der Waals surface area contributed by atoms with Crippen LogP contribution in [0, 0.1) is 5.92 Å². The molecule has 0 bridgehead atoms. The first-order chi connectivity index (χ1) is 19.5. The van der Waals surface area contributed by atoms with Crippen LogP contribution in [0.1, 0.15) is 41.9 Å². The zero-order chi connectivity index (χ0) is 27.5. The van der Waals surface area contributed by atoms with Crippen molar-refractivity contribution in [3.63, 3.8) is 0 Å². The SMILES string of the molecule is COC/C=C/C(=O)N1C2(c3nc(-c4ccc(C(=O)Nc5ccccn5)cc4)c4c(N)nccn34)CCC3CCC312. The van der Waals surface area contributed by atoms with Gasteiger partial charge in [-0.25, -0.2) is 15.0 Å². The Morgan fingerprint density at radius 3 is 2.67 bits per heavy atom. The Kier molecular flexibility index (Phi) is 5.50. The number of pyridine rings is 1. The fourth-order valence-corrected chi connectivity index (χ4v) is 7.10. The quantitative estimate of drug-likeness (QED) is 0.272. The molecule has 7 rings (SSSR count). The molecule has 1 aliphatic heterocycles. The van der Waals surface area contributed by atoms with Gasteiger partial charge in [0.2, 0.25) is 5.91 Å². The summed E-state index contributed by atoms with van der Waals surface area (Å²) in [5.41, 5.74) is 8.43. The molecule has 1 aromatic carbocycles. The zero-order valence-corrected chi connectivity index (χ0v) is 22.1. The molecule has 202 valence electrons. The maximum Gasteiger partial charge on any atom is 0.256 e. The number of anilines is 2. The van der Waals surface area contributed by atoms with Crippen molar-refractivity contribution in [2.75, 3.05) is 24.8 Å². The van der Waals surface area contributed by atoms with Gasteiger partial charge in [0.25, 0.3) is 5.91 Å². The highest BCUT2D eigenvalue weighted by Gasteiger charge is 2.86. The van der Waals surface area contributed by atoms with E-state index in [9.17, 15) is 9.59 Å². The lowest BCUT2D eigenvalue weighted by Crippen LogP contribution is -2.39. The maximum absolute atomic E-state index is 13.4. The number of hydrogen-bond acceptors (Lipinski definition) is 7. The topological polar surface area (TPSA) is 128 Å². The van der Waals surface area contributed by atoms with Crippen molar-refractivity contribution in [2.45, 2.75) is 36.8 Å². The monoisotopic (exact) mass is 535 g/mol. The van der Waals surface area contributed by atoms with Gasteiger partial charge in [0.1, 0.15) is 34.2 Å². The Morgan fingerprint density at radius 1 is 1.12 bits per heavy atom. The number of hydrogen-bond donors (Lipinski definition) is 2. The van der Waals surface area contributed by atoms with Crippen molar-refractivity contribution >= 4 is 29.0 Å². The van der Waals surface area contributed by atoms with Crippen molar-refractivity contribution in [2.24, 2.45) is 5.92 Å². The average molecular weight is 536 g/mol. The van der Waals surface area contributed by atoms with Crippen LogP contribution in [0.4, 0.5) is 11.6 Å². The van der Waals surface area contributed by atoms with E-state index in [0.29, 0.717) is 40.9 Å². The van der Waals surface area contributed by atoms with Gasteiger partial charge in [-0.05, 0) is 55.9 Å². The first kappa shape index (κ1) is 24.5. The number of rotatable bonds is 7. The molecular formula is C30H29N7O3. The number of amides is 2. The van der Waals surface area contributed by atoms with Crippen LogP contribution in [0.15, 0.2) is 73.2 Å². The van der Waals surface area contributed by atoms with Gasteiger partial charge in [-0.1, -0.05) is 24.3 Å². The minimum Gasteiger partial charge on any atom is -0.382 e. The van der Waals surface area contributed by atoms with E-state index in [1.54, 1.807) is 55.9 Å². The number of carbonyl (C=O) groups excluding carboxylic acids is 2. The lowest BCUT2D eigenvalue weighted by Gasteiger charge is -2.34. The molecule has 1 spiro atoms. The zero-order valence-electron chi connectivity index (χ0n) is 22.1. The maximum atomic E-state index is 13.4. The number of benzene rings is 1. The van der Waals surface area contributed by atoms with Gasteiger partial charge in [0.05, 0.1) is 12.1 Å². The Labute approximate surface area is 230 Å². The summed E-state index contributed by atoms with van der Waals surface area (Å²) in [6.07, 6.45) is 12.6. The number of methoxy groups -OCH3 is 1. The molecule has 2 saturated carbocycles. The highest BCUT2D eigenvalue weighted by atomic mass is 16.5. The molecule has 3 N–H and O–H groups in total. The van der Waals surface area contributed by atoms with E-state index < -0.39 is 5.54 Å². The number of piperidine rings is 1. The van der Waals surface area contributed by atoms with Gasteiger partial charge in [0, 0.05) is 42.9 Å². The molecule has 2 amide bonds. The number of carbonyl (C=O) groups is 2. The average Bonchev–Trinajstić information content (AvgIpc) is 3.30. The molecule has 1 saturated heterocycles. The standard InChI is InChI=1S/C30H29N7O3/c1-40-18-4-6-23(38)37-29-13-11-21(29)12-14-30(29,37)28-35-24(25-26(31)33-16-17-36(25)28)19-7-9-20(10-8-19)27(39)34-22-5-2-3-15-32-22/h2-10,15-17,21H,11-14,18H2,1H3,(H2,31,33)(H,32,34,39)/b6-4+. The molecule has 3 atom stereocenters. The number of aromatic nitrogens is 4. The van der Waals surface area contributed by atoms with Gasteiger partial charge in [0.15, 0.2) is 0 Å². The molecule has 0 radical (unpaired) electrons. The summed E-state index contributed by atoms with van der Waals surface area (Å²) < 4.78 is 7.12. The summed E-state index contributed by atoms with van der Waals surface area (Å²) in [7, 11) is 1.61. The van der Waals surface area contributed by atoms with Gasteiger partial charge >= 0.3 is 0 Å². The van der Waals surface area contributed by atoms with E-state index in [4.69, 9.17) is 15.5 Å². The number of nitrogens with two attached hydrogens (primary N) is 1. The molecule has 3 fully saturated rings. The third kappa shape index (κ3) is 3.29. The van der Waals surface area contributed by atoms with E-state index in [2.05, 4.69) is 15.3 Å². The lowest BCUT2D eigenvalue weighted by molar-refractivity contribution is -0.124. The van der Waals surface area contributed by atoms with Crippen molar-refractivity contribution in [3.05, 3.63) is 84.6 Å². The van der Waals surface area contributed by atoms with Gasteiger partial charge in [-0.3, -0.25) is 14.0 Å². The summed E-state index contributed by atoms with van der Waals surface area (Å²) in [5.74, 6) is 1.88.